The summed E-state index contributed by atoms with van der Waals surface area (Å²) in [5.74, 6) is 3.07. The van der Waals surface area contributed by atoms with Gasteiger partial charge in [0.2, 0.25) is 5.91 Å². The number of carbonyl (C=O) groups is 1. The van der Waals surface area contributed by atoms with E-state index in [9.17, 15) is 9.00 Å². The zero-order valence-corrected chi connectivity index (χ0v) is 19.4. The van der Waals surface area contributed by atoms with Crippen molar-refractivity contribution in [1.29, 1.82) is 0 Å². The van der Waals surface area contributed by atoms with E-state index in [1.54, 1.807) is 30.0 Å². The molecule has 3 rings (SSSR count). The van der Waals surface area contributed by atoms with Crippen molar-refractivity contribution in [3.8, 4) is 0 Å². The molecule has 0 bridgehead atoms. The molecule has 1 unspecified atom stereocenters. The number of amides is 1. The minimum absolute atomic E-state index is 0.0829. The smallest absolute Gasteiger partial charge is 0.269 e. The molecular weight excluding hydrogens is 430 g/mol. The summed E-state index contributed by atoms with van der Waals surface area (Å²) in [6.07, 6.45) is 0. The summed E-state index contributed by atoms with van der Waals surface area (Å²) in [5, 5.41) is 6.53. The molecule has 0 aliphatic carbocycles. The lowest BCUT2D eigenvalue weighted by molar-refractivity contribution is -0.130. The number of hydrogen-bond donors (Lipinski definition) is 1. The number of nitrogens with zero attached hydrogens (tertiary/aromatic N) is 6. The molecule has 1 saturated heterocycles. The van der Waals surface area contributed by atoms with Gasteiger partial charge >= 0.3 is 0 Å². The Balaban J connectivity index is 1.40. The predicted octanol–water partition coefficient (Wildman–Crippen LogP) is 0.581. The third-order valence-corrected chi connectivity index (χ3v) is 6.95. The van der Waals surface area contributed by atoms with Gasteiger partial charge in [0, 0.05) is 63.1 Å². The van der Waals surface area contributed by atoms with Crippen molar-refractivity contribution < 1.29 is 9.00 Å². The number of amidine groups is 2. The highest BCUT2D eigenvalue weighted by molar-refractivity contribution is 7.98. The minimum Gasteiger partial charge on any atom is -0.366 e. The van der Waals surface area contributed by atoms with Gasteiger partial charge in [-0.05, 0) is 14.1 Å². The summed E-state index contributed by atoms with van der Waals surface area (Å²) in [7, 11) is 4.09. The number of aromatic nitrogens is 1. The largest absolute Gasteiger partial charge is 0.366 e. The molecule has 0 saturated carbocycles. The molecule has 1 atom stereocenters. The lowest BCUT2D eigenvalue weighted by Crippen LogP contribution is -2.53. The van der Waals surface area contributed by atoms with E-state index < -0.39 is 11.2 Å². The highest BCUT2D eigenvalue weighted by Crippen LogP contribution is 2.16. The first-order valence-electron chi connectivity index (χ1n) is 9.42. The first-order valence-corrected chi connectivity index (χ1v) is 12.5. The molecule has 0 spiro atoms. The van der Waals surface area contributed by atoms with Crippen LogP contribution < -0.4 is 5.32 Å². The Bertz CT molecular complexity index is 801. The van der Waals surface area contributed by atoms with Crippen LogP contribution >= 0.6 is 23.1 Å². The number of nitrogens with one attached hydrogen (secondary N) is 1. The number of carbonyl (C=O) groups excluding carboxylic acids is 1. The predicted molar refractivity (Wildman–Crippen MR) is 121 cm³/mol. The van der Waals surface area contributed by atoms with Gasteiger partial charge in [0.1, 0.15) is 5.01 Å². The molecule has 1 aromatic rings. The Hall–Kier alpha value is -1.50. The van der Waals surface area contributed by atoms with Crippen LogP contribution in [0.15, 0.2) is 14.2 Å². The van der Waals surface area contributed by atoms with Crippen LogP contribution in [-0.2, 0) is 28.3 Å². The first kappa shape index (κ1) is 22.2. The van der Waals surface area contributed by atoms with Crippen molar-refractivity contribution in [2.45, 2.75) is 19.2 Å². The molecule has 1 amide bonds. The maximum Gasteiger partial charge on any atom is 0.269 e. The van der Waals surface area contributed by atoms with Gasteiger partial charge in [0.05, 0.1) is 5.69 Å². The van der Waals surface area contributed by atoms with Crippen molar-refractivity contribution in [3.63, 3.8) is 0 Å². The van der Waals surface area contributed by atoms with Crippen LogP contribution in [0.2, 0.25) is 0 Å². The van der Waals surface area contributed by atoms with Gasteiger partial charge in [-0.3, -0.25) is 4.79 Å². The van der Waals surface area contributed by atoms with E-state index in [1.165, 1.54) is 0 Å². The molecule has 9 nitrogen and oxygen atoms in total. The molecule has 12 heteroatoms. The molecule has 3 heterocycles. The molecule has 1 fully saturated rings. The fraction of sp³-hybridized carbons (Fsp3) is 0.647. The van der Waals surface area contributed by atoms with E-state index in [1.807, 2.05) is 23.9 Å². The molecule has 0 radical (unpaired) electrons. The zero-order chi connectivity index (χ0) is 20.8. The highest BCUT2D eigenvalue weighted by Gasteiger charge is 2.28. The topological polar surface area (TPSA) is 93.5 Å². The Morgan fingerprint density at radius 2 is 2.07 bits per heavy atom. The average Bonchev–Trinajstić information content (AvgIpc) is 3.27. The van der Waals surface area contributed by atoms with Crippen LogP contribution in [0.3, 0.4) is 0 Å². The number of rotatable bonds is 7. The Kier molecular flexibility index (Phi) is 8.04. The Morgan fingerprint density at radius 1 is 1.31 bits per heavy atom. The summed E-state index contributed by atoms with van der Waals surface area (Å²) in [5.41, 5.74) is 1.11. The monoisotopic (exact) mass is 457 g/mol. The Morgan fingerprint density at radius 3 is 2.76 bits per heavy atom. The second-order valence-electron chi connectivity index (χ2n) is 7.03. The summed E-state index contributed by atoms with van der Waals surface area (Å²) < 4.78 is 20.1. The van der Waals surface area contributed by atoms with E-state index in [0.717, 1.165) is 28.8 Å². The van der Waals surface area contributed by atoms with Crippen LogP contribution in [0.25, 0.3) is 0 Å². The normalized spacial score (nSPS) is 19.5. The average molecular weight is 458 g/mol. The van der Waals surface area contributed by atoms with E-state index >= 15 is 0 Å². The van der Waals surface area contributed by atoms with E-state index in [-0.39, 0.29) is 5.91 Å². The highest BCUT2D eigenvalue weighted by atomic mass is 32.2. The molecule has 1 N–H and O–H groups in total. The van der Waals surface area contributed by atoms with Gasteiger partial charge in [0.15, 0.2) is 11.7 Å². The van der Waals surface area contributed by atoms with Gasteiger partial charge in [0.25, 0.3) is 11.2 Å². The number of thioether (sulfide) groups is 1. The minimum atomic E-state index is -1.57. The number of piperazine rings is 1. The SMILES string of the molecule is CC(=O)N1CCN(C2=NS(=O)N=C2NCCSCc2csc(CN(C)C)n2)CC1. The zero-order valence-electron chi connectivity index (χ0n) is 17.0. The van der Waals surface area contributed by atoms with Crippen molar-refractivity contribution in [2.75, 3.05) is 52.6 Å². The Labute approximate surface area is 182 Å². The molecule has 29 heavy (non-hydrogen) atoms. The van der Waals surface area contributed by atoms with Crippen LogP contribution in [0.1, 0.15) is 17.6 Å². The van der Waals surface area contributed by atoms with Gasteiger partial charge in [-0.2, -0.15) is 11.8 Å². The molecule has 2 aliphatic rings. The fourth-order valence-corrected chi connectivity index (χ4v) is 5.44. The maximum atomic E-state index is 11.8. The van der Waals surface area contributed by atoms with Gasteiger partial charge in [-0.15, -0.1) is 20.1 Å². The maximum absolute atomic E-state index is 11.8. The molecule has 2 aliphatic heterocycles. The van der Waals surface area contributed by atoms with E-state index in [4.69, 9.17) is 0 Å². The van der Waals surface area contributed by atoms with E-state index in [0.29, 0.717) is 44.4 Å². The van der Waals surface area contributed by atoms with Crippen LogP contribution in [0, 0.1) is 0 Å². The van der Waals surface area contributed by atoms with Crippen molar-refractivity contribution >= 4 is 51.8 Å². The standard InChI is InChI=1S/C17H27N7O2S3/c1-13(25)23-5-7-24(8-6-23)17-16(20-29(26)21-17)18-4-9-27-11-14-12-28-15(19-14)10-22(2)3/h12H,4-11H2,1-3H3,(H,18,20). The second kappa shape index (κ2) is 10.5. The lowest BCUT2D eigenvalue weighted by Gasteiger charge is -2.35. The van der Waals surface area contributed by atoms with Gasteiger partial charge in [-0.25, -0.2) is 9.19 Å². The van der Waals surface area contributed by atoms with Crippen LogP contribution in [0.4, 0.5) is 0 Å². The number of thiazole rings is 1. The van der Waals surface area contributed by atoms with Crippen LogP contribution in [-0.4, -0.2) is 94.0 Å². The fourth-order valence-electron chi connectivity index (χ4n) is 2.99. The summed E-state index contributed by atoms with van der Waals surface area (Å²) in [6, 6.07) is 0. The third-order valence-electron chi connectivity index (χ3n) is 4.41. The lowest BCUT2D eigenvalue weighted by atomic mass is 10.3. The number of hydrogen-bond acceptors (Lipinski definition) is 8. The van der Waals surface area contributed by atoms with Gasteiger partial charge < -0.3 is 20.0 Å². The molecule has 0 aromatic carbocycles. The summed E-state index contributed by atoms with van der Waals surface area (Å²) in [6.45, 7) is 5.80. The van der Waals surface area contributed by atoms with Gasteiger partial charge in [-0.1, -0.05) is 0 Å². The third kappa shape index (κ3) is 6.49. The first-order chi connectivity index (χ1) is 13.9. The van der Waals surface area contributed by atoms with Crippen molar-refractivity contribution in [3.05, 3.63) is 16.1 Å². The van der Waals surface area contributed by atoms with Crippen molar-refractivity contribution in [1.82, 2.24) is 25.0 Å². The molecule has 1 aromatic heterocycles. The van der Waals surface area contributed by atoms with Crippen molar-refractivity contribution in [2.24, 2.45) is 8.80 Å². The van der Waals surface area contributed by atoms with Crippen LogP contribution in [0.5, 0.6) is 0 Å². The molecular formula is C17H27N7O2S3. The summed E-state index contributed by atoms with van der Waals surface area (Å²) >= 11 is 1.93. The van der Waals surface area contributed by atoms with E-state index in [2.05, 4.69) is 29.4 Å². The second-order valence-corrected chi connectivity index (χ2v) is 9.90. The molecule has 160 valence electrons. The summed E-state index contributed by atoms with van der Waals surface area (Å²) in [4.78, 5) is 22.1. The quantitative estimate of drug-likeness (QED) is 0.599.